The van der Waals surface area contributed by atoms with E-state index in [0.29, 0.717) is 33.8 Å². The minimum atomic E-state index is -0.656. The summed E-state index contributed by atoms with van der Waals surface area (Å²) in [6.07, 6.45) is 1.23. The van der Waals surface area contributed by atoms with E-state index >= 15 is 0 Å². The van der Waals surface area contributed by atoms with E-state index in [1.807, 2.05) is 67.6 Å². The van der Waals surface area contributed by atoms with Crippen LogP contribution < -0.4 is 5.32 Å². The highest BCUT2D eigenvalue weighted by Crippen LogP contribution is 2.25. The van der Waals surface area contributed by atoms with Crippen LogP contribution in [0.5, 0.6) is 0 Å². The smallest absolute Gasteiger partial charge is 0.243 e. The van der Waals surface area contributed by atoms with Gasteiger partial charge in [-0.2, -0.15) is 0 Å². The van der Waals surface area contributed by atoms with Crippen molar-refractivity contribution in [3.63, 3.8) is 0 Å². The summed E-state index contributed by atoms with van der Waals surface area (Å²) in [4.78, 5) is 28.6. The summed E-state index contributed by atoms with van der Waals surface area (Å²) in [7, 11) is 0. The van der Waals surface area contributed by atoms with E-state index in [2.05, 4.69) is 5.32 Å². The number of amides is 2. The fourth-order valence-corrected chi connectivity index (χ4v) is 5.11. The predicted octanol–water partition coefficient (Wildman–Crippen LogP) is 7.05. The van der Waals surface area contributed by atoms with Gasteiger partial charge in [-0.05, 0) is 47.4 Å². The van der Waals surface area contributed by atoms with Crippen LogP contribution in [0.2, 0.25) is 15.1 Å². The molecule has 1 N–H and O–H groups in total. The maximum absolute atomic E-state index is 13.6. The molecule has 4 nitrogen and oxygen atoms in total. The lowest BCUT2D eigenvalue weighted by Crippen LogP contribution is -2.51. The van der Waals surface area contributed by atoms with E-state index in [4.69, 9.17) is 34.8 Å². The molecule has 0 aliphatic carbocycles. The van der Waals surface area contributed by atoms with Crippen LogP contribution in [0.4, 0.5) is 0 Å². The molecule has 190 valence electrons. The number of rotatable bonds is 12. The van der Waals surface area contributed by atoms with E-state index in [1.54, 1.807) is 17.0 Å². The van der Waals surface area contributed by atoms with Gasteiger partial charge in [-0.15, -0.1) is 11.8 Å². The summed E-state index contributed by atoms with van der Waals surface area (Å²) in [6.45, 7) is 2.83. The van der Waals surface area contributed by atoms with Crippen molar-refractivity contribution in [1.29, 1.82) is 0 Å². The summed E-state index contributed by atoms with van der Waals surface area (Å²) in [5.74, 6) is 0.532. The number of carbonyl (C=O) groups is 2. The third-order valence-electron chi connectivity index (χ3n) is 5.54. The lowest BCUT2D eigenvalue weighted by Gasteiger charge is -2.31. The Bertz CT molecular complexity index is 1160. The molecular formula is C28H29Cl3N2O2S. The maximum atomic E-state index is 13.6. The Balaban J connectivity index is 1.83. The Labute approximate surface area is 232 Å². The second-order valence-corrected chi connectivity index (χ2v) is 10.6. The summed E-state index contributed by atoms with van der Waals surface area (Å²) in [5.41, 5.74) is 2.83. The van der Waals surface area contributed by atoms with Gasteiger partial charge in [0.15, 0.2) is 0 Å². The van der Waals surface area contributed by atoms with E-state index < -0.39 is 6.04 Å². The minimum Gasteiger partial charge on any atom is -0.354 e. The molecule has 0 aliphatic heterocycles. The highest BCUT2D eigenvalue weighted by molar-refractivity contribution is 7.99. The molecule has 3 aromatic carbocycles. The number of carbonyl (C=O) groups excluding carboxylic acids is 2. The molecule has 0 aromatic heterocycles. The number of benzene rings is 3. The first-order valence-electron chi connectivity index (χ1n) is 11.7. The first kappa shape index (κ1) is 28.4. The lowest BCUT2D eigenvalue weighted by molar-refractivity contribution is -0.139. The zero-order chi connectivity index (χ0) is 25.9. The Kier molecular flexibility index (Phi) is 11.5. The van der Waals surface area contributed by atoms with E-state index in [9.17, 15) is 9.59 Å². The molecule has 0 spiro atoms. The van der Waals surface area contributed by atoms with E-state index in [0.717, 1.165) is 23.1 Å². The Morgan fingerprint density at radius 2 is 1.64 bits per heavy atom. The van der Waals surface area contributed by atoms with Gasteiger partial charge in [-0.1, -0.05) is 90.3 Å². The number of thioether (sulfide) groups is 1. The molecule has 0 bridgehead atoms. The van der Waals surface area contributed by atoms with Gasteiger partial charge < -0.3 is 10.2 Å². The van der Waals surface area contributed by atoms with Crippen molar-refractivity contribution in [1.82, 2.24) is 10.2 Å². The van der Waals surface area contributed by atoms with Gasteiger partial charge in [-0.25, -0.2) is 0 Å². The van der Waals surface area contributed by atoms with Crippen LogP contribution in [0.15, 0.2) is 72.8 Å². The summed E-state index contributed by atoms with van der Waals surface area (Å²) < 4.78 is 0. The molecule has 3 aromatic rings. The molecule has 2 amide bonds. The average Bonchev–Trinajstić information content (AvgIpc) is 2.87. The fourth-order valence-electron chi connectivity index (χ4n) is 3.72. The standard InChI is InChI=1S/C28H29Cl3N2O2S/c1-2-13-32-28(35)26(16-20-7-4-3-5-8-20)33(17-21-9-6-10-23(29)14-21)27(34)19-36-18-22-11-12-24(30)25(31)15-22/h3-12,14-15,26H,2,13,16-19H2,1H3,(H,32,35)/t26-/m1/s1. The highest BCUT2D eigenvalue weighted by Gasteiger charge is 2.30. The minimum absolute atomic E-state index is 0.118. The van der Waals surface area contributed by atoms with Gasteiger partial charge in [0.25, 0.3) is 0 Å². The molecule has 0 heterocycles. The maximum Gasteiger partial charge on any atom is 0.243 e. The molecule has 8 heteroatoms. The van der Waals surface area contributed by atoms with Crippen molar-refractivity contribution >= 4 is 58.4 Å². The van der Waals surface area contributed by atoms with E-state index in [-0.39, 0.29) is 24.1 Å². The summed E-state index contributed by atoms with van der Waals surface area (Å²) in [5, 5.41) is 4.55. The van der Waals surface area contributed by atoms with E-state index in [1.165, 1.54) is 11.8 Å². The SMILES string of the molecule is CCCNC(=O)[C@@H](Cc1ccccc1)N(Cc1cccc(Cl)c1)C(=O)CSCc1ccc(Cl)c(Cl)c1. The number of nitrogens with one attached hydrogen (secondary N) is 1. The Morgan fingerprint density at radius 3 is 2.33 bits per heavy atom. The molecule has 0 radical (unpaired) electrons. The average molecular weight is 564 g/mol. The highest BCUT2D eigenvalue weighted by atomic mass is 35.5. The summed E-state index contributed by atoms with van der Waals surface area (Å²) in [6, 6.07) is 21.9. The van der Waals surface area contributed by atoms with Crippen LogP contribution in [0.25, 0.3) is 0 Å². The van der Waals surface area contributed by atoms with Gasteiger partial charge in [0.2, 0.25) is 11.8 Å². The van der Waals surface area contributed by atoms with Crippen molar-refractivity contribution in [3.8, 4) is 0 Å². The van der Waals surface area contributed by atoms with Gasteiger partial charge in [-0.3, -0.25) is 9.59 Å². The molecule has 0 saturated carbocycles. The summed E-state index contributed by atoms with van der Waals surface area (Å²) >= 11 is 19.8. The van der Waals surface area contributed by atoms with Crippen molar-refractivity contribution in [2.45, 2.75) is 38.1 Å². The van der Waals surface area contributed by atoms with Crippen LogP contribution >= 0.6 is 46.6 Å². The number of halogens is 3. The van der Waals surface area contributed by atoms with Gasteiger partial charge in [0.05, 0.1) is 15.8 Å². The zero-order valence-electron chi connectivity index (χ0n) is 20.1. The van der Waals surface area contributed by atoms with Crippen LogP contribution in [0, 0.1) is 0 Å². The normalized spacial score (nSPS) is 11.7. The topological polar surface area (TPSA) is 49.4 Å². The van der Waals surface area contributed by atoms with Crippen molar-refractivity contribution in [2.75, 3.05) is 12.3 Å². The van der Waals surface area contributed by atoms with Crippen molar-refractivity contribution < 1.29 is 9.59 Å². The van der Waals surface area contributed by atoms with Gasteiger partial charge in [0, 0.05) is 30.3 Å². The molecule has 0 aliphatic rings. The van der Waals surface area contributed by atoms with Crippen LogP contribution in [0.3, 0.4) is 0 Å². The van der Waals surface area contributed by atoms with Crippen molar-refractivity contribution in [3.05, 3.63) is 105 Å². The quantitative estimate of drug-likeness (QED) is 0.257. The van der Waals surface area contributed by atoms with Crippen LogP contribution in [0.1, 0.15) is 30.0 Å². The monoisotopic (exact) mass is 562 g/mol. The number of hydrogen-bond donors (Lipinski definition) is 1. The number of nitrogens with zero attached hydrogens (tertiary/aromatic N) is 1. The van der Waals surface area contributed by atoms with Crippen LogP contribution in [-0.2, 0) is 28.3 Å². The Morgan fingerprint density at radius 1 is 0.889 bits per heavy atom. The molecule has 0 fully saturated rings. The van der Waals surface area contributed by atoms with Crippen LogP contribution in [-0.4, -0.2) is 35.1 Å². The van der Waals surface area contributed by atoms with Gasteiger partial charge in [0.1, 0.15) is 6.04 Å². The van der Waals surface area contributed by atoms with Gasteiger partial charge >= 0.3 is 0 Å². The molecule has 3 rings (SSSR count). The van der Waals surface area contributed by atoms with Crippen molar-refractivity contribution in [2.24, 2.45) is 0 Å². The zero-order valence-corrected chi connectivity index (χ0v) is 23.1. The first-order chi connectivity index (χ1) is 17.4. The molecular weight excluding hydrogens is 535 g/mol. The third-order valence-corrected chi connectivity index (χ3v) is 7.50. The third kappa shape index (κ3) is 8.74. The second kappa shape index (κ2) is 14.5. The second-order valence-electron chi connectivity index (χ2n) is 8.39. The Hall–Kier alpha value is -2.18. The predicted molar refractivity (Wildman–Crippen MR) is 152 cm³/mol. The fraction of sp³-hybridized carbons (Fsp3) is 0.286. The first-order valence-corrected chi connectivity index (χ1v) is 14.0. The molecule has 1 atom stereocenters. The molecule has 0 unspecified atom stereocenters. The number of hydrogen-bond acceptors (Lipinski definition) is 3. The largest absolute Gasteiger partial charge is 0.354 e. The lowest BCUT2D eigenvalue weighted by atomic mass is 10.0. The molecule has 36 heavy (non-hydrogen) atoms. The molecule has 0 saturated heterocycles.